The lowest BCUT2D eigenvalue weighted by molar-refractivity contribution is -0.149. The fourth-order valence-electron chi connectivity index (χ4n) is 4.78. The van der Waals surface area contributed by atoms with Gasteiger partial charge < -0.3 is 20.1 Å². The van der Waals surface area contributed by atoms with Crippen molar-refractivity contribution in [3.05, 3.63) is 82.4 Å². The molecule has 2 N–H and O–H groups in total. The summed E-state index contributed by atoms with van der Waals surface area (Å²) in [5.74, 6) is -2.33. The third-order valence-electron chi connectivity index (χ3n) is 6.32. The Labute approximate surface area is 209 Å². The number of aromatic nitrogens is 1. The number of methoxy groups -OCH3 is 2. The molecule has 0 amide bonds. The predicted octanol–water partition coefficient (Wildman–Crippen LogP) is 4.87. The Morgan fingerprint density at radius 3 is 2.46 bits per heavy atom. The zero-order chi connectivity index (χ0) is 25.2. The summed E-state index contributed by atoms with van der Waals surface area (Å²) < 4.78 is 10.4. The molecule has 2 heterocycles. The van der Waals surface area contributed by atoms with Crippen molar-refractivity contribution in [3.8, 4) is 11.3 Å². The van der Waals surface area contributed by atoms with Gasteiger partial charge in [0, 0.05) is 22.6 Å². The molecule has 182 valence electrons. The van der Waals surface area contributed by atoms with Crippen molar-refractivity contribution in [3.63, 3.8) is 0 Å². The number of esters is 2. The van der Waals surface area contributed by atoms with Gasteiger partial charge in [-0.2, -0.15) is 0 Å². The lowest BCUT2D eigenvalue weighted by atomic mass is 9.71. The zero-order valence-corrected chi connectivity index (χ0v) is 21.2. The fourth-order valence-corrected chi connectivity index (χ4v) is 5.61. The number of carbonyl (C=O) groups excluding carboxylic acids is 2. The number of carbonyl (C=O) groups is 2. The van der Waals surface area contributed by atoms with Crippen LogP contribution in [-0.2, 0) is 19.1 Å². The molecule has 3 aromatic rings. The molecule has 4 rings (SSSR count). The van der Waals surface area contributed by atoms with E-state index in [9.17, 15) is 9.59 Å². The molecular weight excluding hydrogens is 462 g/mol. The first-order chi connectivity index (χ1) is 16.8. The monoisotopic (exact) mass is 491 g/mol. The van der Waals surface area contributed by atoms with Crippen molar-refractivity contribution in [1.29, 1.82) is 0 Å². The van der Waals surface area contributed by atoms with Crippen LogP contribution < -0.4 is 10.6 Å². The first kappa shape index (κ1) is 24.5. The Bertz CT molecular complexity index is 1270. The summed E-state index contributed by atoms with van der Waals surface area (Å²) in [4.78, 5) is 30.9. The number of nitrogens with one attached hydrogen (secondary N) is 2. The third-order valence-corrected chi connectivity index (χ3v) is 7.08. The van der Waals surface area contributed by atoms with Gasteiger partial charge >= 0.3 is 11.9 Å². The Kier molecular flexibility index (Phi) is 6.93. The Hall–Kier alpha value is -3.65. The SMILES string of the molecule is COC(=O)C1=C(C)NC(C)(Nc2nc(-c3cccc(C)c3)cs2)C(C(=O)OC)C1c1ccccc1. The number of thiazole rings is 1. The minimum atomic E-state index is -1.00. The van der Waals surface area contributed by atoms with Crippen molar-refractivity contribution in [1.82, 2.24) is 10.3 Å². The first-order valence-corrected chi connectivity index (χ1v) is 12.2. The van der Waals surface area contributed by atoms with Crippen LogP contribution in [0, 0.1) is 12.8 Å². The number of hydrogen-bond acceptors (Lipinski definition) is 8. The summed E-state index contributed by atoms with van der Waals surface area (Å²) in [5.41, 5.74) is 3.85. The second-order valence-corrected chi connectivity index (χ2v) is 9.64. The second-order valence-electron chi connectivity index (χ2n) is 8.78. The molecule has 0 saturated heterocycles. The minimum Gasteiger partial charge on any atom is -0.469 e. The van der Waals surface area contributed by atoms with Gasteiger partial charge in [0.15, 0.2) is 5.13 Å². The number of allylic oxidation sites excluding steroid dienone is 1. The average Bonchev–Trinajstić information content (AvgIpc) is 3.31. The van der Waals surface area contributed by atoms with Gasteiger partial charge in [-0.25, -0.2) is 9.78 Å². The van der Waals surface area contributed by atoms with Gasteiger partial charge in [-0.15, -0.1) is 11.3 Å². The number of hydrogen-bond donors (Lipinski definition) is 2. The molecule has 35 heavy (non-hydrogen) atoms. The smallest absolute Gasteiger partial charge is 0.336 e. The summed E-state index contributed by atoms with van der Waals surface area (Å²) in [5, 5.41) is 9.43. The van der Waals surface area contributed by atoms with Gasteiger partial charge in [-0.1, -0.05) is 54.1 Å². The third kappa shape index (κ3) is 4.79. The maximum Gasteiger partial charge on any atom is 0.336 e. The normalized spacial score (nSPS) is 21.7. The van der Waals surface area contributed by atoms with Crippen LogP contribution in [0.5, 0.6) is 0 Å². The average molecular weight is 492 g/mol. The number of benzene rings is 2. The van der Waals surface area contributed by atoms with Gasteiger partial charge in [0.05, 0.1) is 25.5 Å². The Morgan fingerprint density at radius 2 is 1.80 bits per heavy atom. The molecule has 8 heteroatoms. The van der Waals surface area contributed by atoms with Crippen LogP contribution in [0.25, 0.3) is 11.3 Å². The number of anilines is 1. The van der Waals surface area contributed by atoms with E-state index in [2.05, 4.69) is 16.7 Å². The van der Waals surface area contributed by atoms with E-state index in [1.165, 1.54) is 25.6 Å². The molecule has 3 atom stereocenters. The molecule has 0 bridgehead atoms. The summed E-state index contributed by atoms with van der Waals surface area (Å²) in [6.07, 6.45) is 0. The van der Waals surface area contributed by atoms with Crippen molar-refractivity contribution < 1.29 is 19.1 Å². The van der Waals surface area contributed by atoms with E-state index in [0.29, 0.717) is 16.4 Å². The van der Waals surface area contributed by atoms with Crippen LogP contribution in [0.1, 0.15) is 30.9 Å². The molecule has 0 saturated carbocycles. The van der Waals surface area contributed by atoms with E-state index in [4.69, 9.17) is 14.5 Å². The molecule has 0 fully saturated rings. The molecule has 1 aromatic heterocycles. The van der Waals surface area contributed by atoms with E-state index in [-0.39, 0.29) is 0 Å². The Morgan fingerprint density at radius 1 is 1.06 bits per heavy atom. The van der Waals surface area contributed by atoms with Crippen LogP contribution in [0.3, 0.4) is 0 Å². The van der Waals surface area contributed by atoms with Gasteiger partial charge in [0.25, 0.3) is 0 Å². The molecule has 0 spiro atoms. The highest BCUT2D eigenvalue weighted by molar-refractivity contribution is 7.14. The molecular formula is C27H29N3O4S. The van der Waals surface area contributed by atoms with Gasteiger partial charge in [-0.3, -0.25) is 4.79 Å². The maximum absolute atomic E-state index is 13.3. The highest BCUT2D eigenvalue weighted by Crippen LogP contribution is 2.45. The van der Waals surface area contributed by atoms with E-state index in [1.54, 1.807) is 0 Å². The molecule has 0 radical (unpaired) electrons. The van der Waals surface area contributed by atoms with E-state index < -0.39 is 29.4 Å². The number of aryl methyl sites for hydroxylation is 1. The standard InChI is InChI=1S/C27H29N3O4S/c1-16-10-9-13-19(14-16)20-15-35-26(28-20)30-27(3)23(25(32)34-5)22(18-11-7-6-8-12-18)21(17(2)29-27)24(31)33-4/h6-15,22-23,29H,1-5H3,(H,28,30). The van der Waals surface area contributed by atoms with Crippen molar-refractivity contribution >= 4 is 28.4 Å². The van der Waals surface area contributed by atoms with E-state index in [0.717, 1.165) is 22.4 Å². The van der Waals surface area contributed by atoms with Crippen LogP contribution in [-0.4, -0.2) is 36.8 Å². The summed E-state index contributed by atoms with van der Waals surface area (Å²) >= 11 is 1.45. The molecule has 2 aromatic carbocycles. The quantitative estimate of drug-likeness (QED) is 0.476. The van der Waals surface area contributed by atoms with Gasteiger partial charge in [0.1, 0.15) is 11.6 Å². The van der Waals surface area contributed by atoms with Crippen LogP contribution in [0.15, 0.2) is 71.2 Å². The van der Waals surface area contributed by atoms with Crippen LogP contribution >= 0.6 is 11.3 Å². The van der Waals surface area contributed by atoms with Crippen molar-refractivity contribution in [2.75, 3.05) is 19.5 Å². The number of nitrogens with zero attached hydrogens (tertiary/aromatic N) is 1. The van der Waals surface area contributed by atoms with E-state index >= 15 is 0 Å². The second kappa shape index (κ2) is 9.92. The number of rotatable bonds is 6. The lowest BCUT2D eigenvalue weighted by Crippen LogP contribution is -2.62. The highest BCUT2D eigenvalue weighted by Gasteiger charge is 2.52. The van der Waals surface area contributed by atoms with Crippen LogP contribution in [0.4, 0.5) is 5.13 Å². The lowest BCUT2D eigenvalue weighted by Gasteiger charge is -2.46. The molecule has 1 aliphatic heterocycles. The van der Waals surface area contributed by atoms with Gasteiger partial charge in [-0.05, 0) is 32.4 Å². The molecule has 1 aliphatic rings. The fraction of sp³-hybridized carbons (Fsp3) is 0.296. The van der Waals surface area contributed by atoms with Gasteiger partial charge in [0.2, 0.25) is 0 Å². The van der Waals surface area contributed by atoms with Crippen LogP contribution in [0.2, 0.25) is 0 Å². The topological polar surface area (TPSA) is 89.5 Å². The van der Waals surface area contributed by atoms with Crippen molar-refractivity contribution in [2.24, 2.45) is 5.92 Å². The summed E-state index contributed by atoms with van der Waals surface area (Å²) in [7, 11) is 2.69. The maximum atomic E-state index is 13.3. The highest BCUT2D eigenvalue weighted by atomic mass is 32.1. The zero-order valence-electron chi connectivity index (χ0n) is 20.4. The molecule has 7 nitrogen and oxygen atoms in total. The summed E-state index contributed by atoms with van der Waals surface area (Å²) in [6.45, 7) is 5.74. The molecule has 3 unspecified atom stereocenters. The summed E-state index contributed by atoms with van der Waals surface area (Å²) in [6, 6.07) is 17.6. The van der Waals surface area contributed by atoms with E-state index in [1.807, 2.05) is 74.7 Å². The van der Waals surface area contributed by atoms with Crippen molar-refractivity contribution in [2.45, 2.75) is 32.4 Å². The first-order valence-electron chi connectivity index (χ1n) is 11.3. The minimum absolute atomic E-state index is 0.396. The molecule has 0 aliphatic carbocycles. The number of ether oxygens (including phenoxy) is 2. The Balaban J connectivity index is 1.79. The predicted molar refractivity (Wildman–Crippen MR) is 137 cm³/mol. The largest absolute Gasteiger partial charge is 0.469 e.